The van der Waals surface area contributed by atoms with Gasteiger partial charge in [-0.2, -0.15) is 9.97 Å². The molecule has 0 saturated carbocycles. The summed E-state index contributed by atoms with van der Waals surface area (Å²) in [5.74, 6) is 1.58. The maximum atomic E-state index is 5.13. The molecule has 4 nitrogen and oxygen atoms in total. The molecule has 1 heterocycles. The van der Waals surface area contributed by atoms with Crippen LogP contribution in [-0.4, -0.2) is 24.2 Å². The van der Waals surface area contributed by atoms with Crippen LogP contribution in [0.4, 0.5) is 0 Å². The van der Waals surface area contributed by atoms with Gasteiger partial charge in [0.05, 0.1) is 25.1 Å². The third-order valence-electron chi connectivity index (χ3n) is 2.43. The largest absolute Gasteiger partial charge is 0.481 e. The van der Waals surface area contributed by atoms with Gasteiger partial charge in [0.25, 0.3) is 0 Å². The van der Waals surface area contributed by atoms with Crippen molar-refractivity contribution >= 4 is 15.9 Å². The number of ether oxygens (including phenoxy) is 2. The zero-order valence-corrected chi connectivity index (χ0v) is 11.7. The second kappa shape index (κ2) is 5.82. The molecule has 0 N–H and O–H groups in total. The summed E-state index contributed by atoms with van der Waals surface area (Å²) >= 11 is 3.58. The number of alkyl halides is 1. The second-order valence-corrected chi connectivity index (χ2v) is 4.50. The van der Waals surface area contributed by atoms with Gasteiger partial charge in [-0.15, -0.1) is 0 Å². The molecule has 0 aliphatic rings. The summed E-state index contributed by atoms with van der Waals surface area (Å²) in [5.41, 5.74) is 1.08. The lowest BCUT2D eigenvalue weighted by Gasteiger charge is -2.11. The molecule has 2 aromatic rings. The number of hydrogen-bond acceptors (Lipinski definition) is 4. The number of rotatable bonds is 4. The standard InChI is InChI=1S/C13H13BrN2O2/c1-17-10-8-11(18-2)16-13(15-10)12(14)9-6-4-3-5-7-9/h3-8,12H,1-2H3. The molecule has 1 unspecified atom stereocenters. The summed E-state index contributed by atoms with van der Waals surface area (Å²) in [6.07, 6.45) is 0. The van der Waals surface area contributed by atoms with Crippen LogP contribution in [0, 0.1) is 0 Å². The first kappa shape index (κ1) is 12.8. The van der Waals surface area contributed by atoms with Gasteiger partial charge < -0.3 is 9.47 Å². The van der Waals surface area contributed by atoms with Crippen molar-refractivity contribution in [1.29, 1.82) is 0 Å². The molecule has 18 heavy (non-hydrogen) atoms. The molecule has 1 atom stereocenters. The molecule has 0 radical (unpaired) electrons. The number of halogens is 1. The summed E-state index contributed by atoms with van der Waals surface area (Å²) in [6, 6.07) is 11.6. The van der Waals surface area contributed by atoms with Gasteiger partial charge in [0.2, 0.25) is 11.8 Å². The molecule has 0 aliphatic heterocycles. The van der Waals surface area contributed by atoms with Gasteiger partial charge in [0.1, 0.15) is 0 Å². The van der Waals surface area contributed by atoms with Gasteiger partial charge in [-0.25, -0.2) is 0 Å². The zero-order valence-electron chi connectivity index (χ0n) is 10.1. The molecule has 0 amide bonds. The Morgan fingerprint density at radius 3 is 2.06 bits per heavy atom. The first-order valence-corrected chi connectivity index (χ1v) is 6.32. The van der Waals surface area contributed by atoms with Crippen LogP contribution < -0.4 is 9.47 Å². The van der Waals surface area contributed by atoms with E-state index in [-0.39, 0.29) is 4.83 Å². The van der Waals surface area contributed by atoms with Crippen LogP contribution in [0.15, 0.2) is 36.4 Å². The molecular formula is C13H13BrN2O2. The van der Waals surface area contributed by atoms with Crippen LogP contribution in [-0.2, 0) is 0 Å². The lowest BCUT2D eigenvalue weighted by atomic mass is 10.1. The van der Waals surface area contributed by atoms with E-state index in [1.165, 1.54) is 0 Å². The molecule has 0 fully saturated rings. The maximum Gasteiger partial charge on any atom is 0.220 e. The fraction of sp³-hybridized carbons (Fsp3) is 0.231. The molecule has 0 bridgehead atoms. The third kappa shape index (κ3) is 2.79. The van der Waals surface area contributed by atoms with Gasteiger partial charge in [0, 0.05) is 0 Å². The summed E-state index contributed by atoms with van der Waals surface area (Å²) in [6.45, 7) is 0. The van der Waals surface area contributed by atoms with E-state index in [0.29, 0.717) is 17.6 Å². The second-order valence-electron chi connectivity index (χ2n) is 3.58. The predicted molar refractivity (Wildman–Crippen MR) is 72.3 cm³/mol. The predicted octanol–water partition coefficient (Wildman–Crippen LogP) is 2.98. The highest BCUT2D eigenvalue weighted by molar-refractivity contribution is 9.09. The van der Waals surface area contributed by atoms with E-state index in [2.05, 4.69) is 25.9 Å². The highest BCUT2D eigenvalue weighted by Gasteiger charge is 2.15. The van der Waals surface area contributed by atoms with E-state index in [0.717, 1.165) is 5.56 Å². The average Bonchev–Trinajstić information content (AvgIpc) is 2.46. The van der Waals surface area contributed by atoms with Crippen LogP contribution in [0.5, 0.6) is 11.8 Å². The number of methoxy groups -OCH3 is 2. The Hall–Kier alpha value is -1.62. The molecule has 1 aromatic heterocycles. The van der Waals surface area contributed by atoms with Gasteiger partial charge in [-0.3, -0.25) is 0 Å². The van der Waals surface area contributed by atoms with E-state index >= 15 is 0 Å². The Labute approximate surface area is 114 Å². The van der Waals surface area contributed by atoms with Crippen molar-refractivity contribution in [2.24, 2.45) is 0 Å². The average molecular weight is 309 g/mol. The van der Waals surface area contributed by atoms with Gasteiger partial charge in [0.15, 0.2) is 5.82 Å². The summed E-state index contributed by atoms with van der Waals surface area (Å²) in [7, 11) is 3.13. The van der Waals surface area contributed by atoms with Crippen molar-refractivity contribution in [3.8, 4) is 11.8 Å². The first-order valence-electron chi connectivity index (χ1n) is 5.40. The van der Waals surface area contributed by atoms with E-state index in [4.69, 9.17) is 9.47 Å². The van der Waals surface area contributed by atoms with Crippen molar-refractivity contribution in [1.82, 2.24) is 9.97 Å². The molecule has 1 aromatic carbocycles. The Bertz CT molecular complexity index is 497. The lowest BCUT2D eigenvalue weighted by Crippen LogP contribution is -2.03. The van der Waals surface area contributed by atoms with Gasteiger partial charge in [-0.1, -0.05) is 46.3 Å². The van der Waals surface area contributed by atoms with E-state index in [1.807, 2.05) is 30.3 Å². The minimum Gasteiger partial charge on any atom is -0.481 e. The van der Waals surface area contributed by atoms with Crippen LogP contribution >= 0.6 is 15.9 Å². The molecule has 2 rings (SSSR count). The Balaban J connectivity index is 2.38. The minimum atomic E-state index is -0.0947. The first-order chi connectivity index (χ1) is 8.74. The zero-order chi connectivity index (χ0) is 13.0. The minimum absolute atomic E-state index is 0.0947. The van der Waals surface area contributed by atoms with Crippen LogP contribution in [0.3, 0.4) is 0 Å². The summed E-state index contributed by atoms with van der Waals surface area (Å²) < 4.78 is 10.3. The van der Waals surface area contributed by atoms with E-state index in [1.54, 1.807) is 20.3 Å². The van der Waals surface area contributed by atoms with Crippen LogP contribution in [0.1, 0.15) is 16.2 Å². The Kier molecular flexibility index (Phi) is 4.15. The SMILES string of the molecule is COc1cc(OC)nc(C(Br)c2ccccc2)n1. The third-order valence-corrected chi connectivity index (χ3v) is 3.37. The van der Waals surface area contributed by atoms with Crippen LogP contribution in [0.2, 0.25) is 0 Å². The van der Waals surface area contributed by atoms with Gasteiger partial charge in [-0.05, 0) is 5.56 Å². The van der Waals surface area contributed by atoms with Crippen molar-refractivity contribution in [3.63, 3.8) is 0 Å². The number of aromatic nitrogens is 2. The molecule has 0 spiro atoms. The lowest BCUT2D eigenvalue weighted by molar-refractivity contribution is 0.368. The Morgan fingerprint density at radius 1 is 1.00 bits per heavy atom. The maximum absolute atomic E-state index is 5.13. The highest BCUT2D eigenvalue weighted by Crippen LogP contribution is 2.30. The monoisotopic (exact) mass is 308 g/mol. The molecule has 0 aliphatic carbocycles. The van der Waals surface area contributed by atoms with Gasteiger partial charge >= 0.3 is 0 Å². The van der Waals surface area contributed by atoms with Crippen molar-refractivity contribution in [2.75, 3.05) is 14.2 Å². The summed E-state index contributed by atoms with van der Waals surface area (Å²) in [5, 5.41) is 0. The van der Waals surface area contributed by atoms with Crippen molar-refractivity contribution in [2.45, 2.75) is 4.83 Å². The summed E-state index contributed by atoms with van der Waals surface area (Å²) in [4.78, 5) is 8.54. The van der Waals surface area contributed by atoms with Crippen molar-refractivity contribution < 1.29 is 9.47 Å². The number of hydrogen-bond donors (Lipinski definition) is 0. The molecular weight excluding hydrogens is 296 g/mol. The van der Waals surface area contributed by atoms with Crippen molar-refractivity contribution in [3.05, 3.63) is 47.8 Å². The Morgan fingerprint density at radius 2 is 1.56 bits per heavy atom. The molecule has 94 valence electrons. The van der Waals surface area contributed by atoms with Crippen LogP contribution in [0.25, 0.3) is 0 Å². The fourth-order valence-corrected chi connectivity index (χ4v) is 2.02. The molecule has 5 heteroatoms. The number of nitrogens with zero attached hydrogens (tertiary/aromatic N) is 2. The molecule has 0 saturated heterocycles. The number of benzene rings is 1. The van der Waals surface area contributed by atoms with E-state index < -0.39 is 0 Å². The van der Waals surface area contributed by atoms with E-state index in [9.17, 15) is 0 Å². The normalized spacial score (nSPS) is 11.9. The quantitative estimate of drug-likeness (QED) is 0.815. The highest BCUT2D eigenvalue weighted by atomic mass is 79.9. The fourth-order valence-electron chi connectivity index (χ4n) is 1.51. The topological polar surface area (TPSA) is 44.2 Å². The smallest absolute Gasteiger partial charge is 0.220 e.